The van der Waals surface area contributed by atoms with Crippen molar-refractivity contribution in [2.24, 2.45) is 5.92 Å². The molecule has 0 fully saturated rings. The highest BCUT2D eigenvalue weighted by atomic mass is 16.6. The molecule has 0 saturated carbocycles. The number of allylic oxidation sites excluding steroid dienone is 1. The second-order valence-corrected chi connectivity index (χ2v) is 3.86. The average Bonchev–Trinajstić information content (AvgIpc) is 2.23. The van der Waals surface area contributed by atoms with Crippen LogP contribution in [0, 0.1) is 5.92 Å². The van der Waals surface area contributed by atoms with Gasteiger partial charge in [-0.15, -0.1) is 0 Å². The number of aliphatic hydroxyl groups excluding tert-OH is 1. The maximum atomic E-state index is 11.1. The number of carbonyl (C=O) groups is 2. The van der Waals surface area contributed by atoms with Crippen LogP contribution in [0.3, 0.4) is 0 Å². The molecule has 5 nitrogen and oxygen atoms in total. The van der Waals surface area contributed by atoms with Gasteiger partial charge >= 0.3 is 11.9 Å². The molecule has 0 bridgehead atoms. The van der Waals surface area contributed by atoms with Crippen molar-refractivity contribution in [1.29, 1.82) is 0 Å². The molecular formula is C12H20O5. The van der Waals surface area contributed by atoms with Gasteiger partial charge in [-0.3, -0.25) is 4.79 Å². The number of carbonyl (C=O) groups excluding carboxylic acids is 2. The molecule has 0 aromatic carbocycles. The summed E-state index contributed by atoms with van der Waals surface area (Å²) in [5.74, 6) is -0.780. The van der Waals surface area contributed by atoms with Crippen LogP contribution in [0.5, 0.6) is 0 Å². The normalized spacial score (nSPS) is 14.4. The van der Waals surface area contributed by atoms with E-state index in [1.807, 2.05) is 6.92 Å². The molecule has 0 amide bonds. The van der Waals surface area contributed by atoms with Crippen molar-refractivity contribution < 1.29 is 24.2 Å². The number of ether oxygens (including phenoxy) is 2. The zero-order valence-electron chi connectivity index (χ0n) is 10.5. The molecule has 98 valence electrons. The number of hydrogen-bond donors (Lipinski definition) is 1. The van der Waals surface area contributed by atoms with E-state index in [4.69, 9.17) is 4.74 Å². The van der Waals surface area contributed by atoms with Gasteiger partial charge in [0.25, 0.3) is 0 Å². The molecule has 0 aliphatic rings. The van der Waals surface area contributed by atoms with Crippen LogP contribution in [-0.2, 0) is 19.1 Å². The Balaban J connectivity index is 3.64. The summed E-state index contributed by atoms with van der Waals surface area (Å²) in [6.07, 6.45) is 3.18. The first-order chi connectivity index (χ1) is 7.93. The highest BCUT2D eigenvalue weighted by molar-refractivity contribution is 5.81. The maximum Gasteiger partial charge on any atom is 0.330 e. The third kappa shape index (κ3) is 9.56. The molecule has 0 saturated heterocycles. The first-order valence-corrected chi connectivity index (χ1v) is 5.58. The van der Waals surface area contributed by atoms with E-state index in [-0.39, 0.29) is 19.1 Å². The average molecular weight is 244 g/mol. The molecule has 0 unspecified atom stereocenters. The van der Waals surface area contributed by atoms with Crippen molar-refractivity contribution in [1.82, 2.24) is 0 Å². The molecule has 0 rings (SSSR count). The fourth-order valence-electron chi connectivity index (χ4n) is 0.952. The maximum absolute atomic E-state index is 11.1. The third-order valence-electron chi connectivity index (χ3n) is 2.22. The minimum Gasteiger partial charge on any atom is -0.462 e. The first-order valence-electron chi connectivity index (χ1n) is 5.58. The van der Waals surface area contributed by atoms with E-state index in [9.17, 15) is 14.7 Å². The molecule has 0 aliphatic carbocycles. The van der Waals surface area contributed by atoms with Gasteiger partial charge in [0.1, 0.15) is 13.2 Å². The Labute approximate surface area is 101 Å². The minimum absolute atomic E-state index is 0.0503. The Morgan fingerprint density at radius 1 is 1.24 bits per heavy atom. The van der Waals surface area contributed by atoms with E-state index < -0.39 is 18.0 Å². The number of esters is 2. The lowest BCUT2D eigenvalue weighted by Gasteiger charge is -2.10. The number of aliphatic hydroxyl groups is 1. The third-order valence-corrected chi connectivity index (χ3v) is 2.22. The van der Waals surface area contributed by atoms with Gasteiger partial charge in [-0.25, -0.2) is 4.79 Å². The zero-order valence-corrected chi connectivity index (χ0v) is 10.5. The van der Waals surface area contributed by atoms with Crippen molar-refractivity contribution in [3.63, 3.8) is 0 Å². The van der Waals surface area contributed by atoms with E-state index in [0.29, 0.717) is 6.42 Å². The van der Waals surface area contributed by atoms with Crippen LogP contribution >= 0.6 is 0 Å². The van der Waals surface area contributed by atoms with Gasteiger partial charge in [-0.1, -0.05) is 13.0 Å². The van der Waals surface area contributed by atoms with Gasteiger partial charge in [0.2, 0.25) is 0 Å². The Kier molecular flexibility index (Phi) is 8.05. The Morgan fingerprint density at radius 3 is 2.35 bits per heavy atom. The summed E-state index contributed by atoms with van der Waals surface area (Å²) in [6, 6.07) is 0. The molecule has 0 radical (unpaired) electrons. The highest BCUT2D eigenvalue weighted by Gasteiger charge is 2.06. The summed E-state index contributed by atoms with van der Waals surface area (Å²) in [4.78, 5) is 21.5. The lowest BCUT2D eigenvalue weighted by molar-refractivity contribution is -0.147. The van der Waals surface area contributed by atoms with Crippen molar-refractivity contribution in [2.75, 3.05) is 13.2 Å². The van der Waals surface area contributed by atoms with Gasteiger partial charge in [0.15, 0.2) is 0 Å². The molecular weight excluding hydrogens is 224 g/mol. The fraction of sp³-hybridized carbons (Fsp3) is 0.667. The standard InChI is InChI=1S/C12H20O5/c1-9(10(2)13)5-4-6-12(15)17-8-7-16-11(3)14/h4,6,9-10,13H,5,7-8H2,1-3H3/b6-4+/t9-,10+/m1/s1. The van der Waals surface area contributed by atoms with Crippen LogP contribution in [0.15, 0.2) is 12.2 Å². The molecule has 0 heterocycles. The monoisotopic (exact) mass is 244 g/mol. The predicted molar refractivity (Wildman–Crippen MR) is 62.2 cm³/mol. The van der Waals surface area contributed by atoms with E-state index in [0.717, 1.165) is 0 Å². The summed E-state index contributed by atoms with van der Waals surface area (Å²) in [5.41, 5.74) is 0. The Hall–Kier alpha value is -1.36. The second kappa shape index (κ2) is 8.75. The molecule has 0 aromatic rings. The van der Waals surface area contributed by atoms with Crippen molar-refractivity contribution in [2.45, 2.75) is 33.3 Å². The van der Waals surface area contributed by atoms with Crippen molar-refractivity contribution in [3.05, 3.63) is 12.2 Å². The molecule has 0 spiro atoms. The molecule has 0 aliphatic heterocycles. The smallest absolute Gasteiger partial charge is 0.330 e. The summed E-state index contributed by atoms with van der Waals surface area (Å²) >= 11 is 0. The van der Waals surface area contributed by atoms with Crippen LogP contribution in [-0.4, -0.2) is 36.4 Å². The molecule has 1 N–H and O–H groups in total. The van der Waals surface area contributed by atoms with E-state index in [1.165, 1.54) is 13.0 Å². The van der Waals surface area contributed by atoms with Crippen LogP contribution < -0.4 is 0 Å². The molecule has 17 heavy (non-hydrogen) atoms. The van der Waals surface area contributed by atoms with Gasteiger partial charge in [-0.2, -0.15) is 0 Å². The summed E-state index contributed by atoms with van der Waals surface area (Å²) in [7, 11) is 0. The van der Waals surface area contributed by atoms with Crippen LogP contribution in [0.1, 0.15) is 27.2 Å². The van der Waals surface area contributed by atoms with Gasteiger partial charge in [0, 0.05) is 13.0 Å². The van der Waals surface area contributed by atoms with E-state index in [1.54, 1.807) is 13.0 Å². The van der Waals surface area contributed by atoms with Crippen LogP contribution in [0.2, 0.25) is 0 Å². The largest absolute Gasteiger partial charge is 0.462 e. The lowest BCUT2D eigenvalue weighted by Crippen LogP contribution is -2.12. The Morgan fingerprint density at radius 2 is 1.82 bits per heavy atom. The fourth-order valence-corrected chi connectivity index (χ4v) is 0.952. The first kappa shape index (κ1) is 15.6. The molecule has 0 aromatic heterocycles. The zero-order chi connectivity index (χ0) is 13.3. The van der Waals surface area contributed by atoms with Crippen LogP contribution in [0.25, 0.3) is 0 Å². The Bertz CT molecular complexity index is 270. The number of hydrogen-bond acceptors (Lipinski definition) is 5. The van der Waals surface area contributed by atoms with Crippen molar-refractivity contribution in [3.8, 4) is 0 Å². The van der Waals surface area contributed by atoms with Gasteiger partial charge in [-0.05, 0) is 19.3 Å². The summed E-state index contributed by atoms with van der Waals surface area (Å²) < 4.78 is 9.36. The number of rotatable bonds is 7. The highest BCUT2D eigenvalue weighted by Crippen LogP contribution is 2.07. The molecule has 5 heteroatoms. The van der Waals surface area contributed by atoms with Crippen LogP contribution in [0.4, 0.5) is 0 Å². The predicted octanol–water partition coefficient (Wildman–Crippen LogP) is 1.06. The van der Waals surface area contributed by atoms with Gasteiger partial charge < -0.3 is 14.6 Å². The van der Waals surface area contributed by atoms with Crippen molar-refractivity contribution >= 4 is 11.9 Å². The minimum atomic E-state index is -0.477. The second-order valence-electron chi connectivity index (χ2n) is 3.86. The van der Waals surface area contributed by atoms with E-state index >= 15 is 0 Å². The summed E-state index contributed by atoms with van der Waals surface area (Å²) in [5, 5.41) is 9.21. The topological polar surface area (TPSA) is 72.8 Å². The quantitative estimate of drug-likeness (QED) is 0.412. The van der Waals surface area contributed by atoms with E-state index in [2.05, 4.69) is 4.74 Å². The molecule has 2 atom stereocenters. The van der Waals surface area contributed by atoms with Gasteiger partial charge in [0.05, 0.1) is 6.10 Å². The summed E-state index contributed by atoms with van der Waals surface area (Å²) in [6.45, 7) is 5.00. The lowest BCUT2D eigenvalue weighted by atomic mass is 10.0. The SMILES string of the molecule is CC(=O)OCCOC(=O)/C=C/C[C@@H](C)[C@H](C)O.